The van der Waals surface area contributed by atoms with E-state index in [2.05, 4.69) is 4.98 Å². The number of ether oxygens (including phenoxy) is 1. The lowest BCUT2D eigenvalue weighted by atomic mass is 10.1. The summed E-state index contributed by atoms with van der Waals surface area (Å²) in [4.78, 5) is 14.2. The highest BCUT2D eigenvalue weighted by Gasteiger charge is 2.12. The molecule has 0 spiro atoms. The minimum Gasteiger partial charge on any atom is -0.488 e. The first kappa shape index (κ1) is 11.7. The zero-order valence-corrected chi connectivity index (χ0v) is 10.6. The van der Waals surface area contributed by atoms with Gasteiger partial charge in [-0.15, -0.1) is 0 Å². The fourth-order valence-corrected chi connectivity index (χ4v) is 1.85. The van der Waals surface area contributed by atoms with Crippen molar-refractivity contribution in [1.29, 1.82) is 0 Å². The van der Waals surface area contributed by atoms with Gasteiger partial charge in [0.05, 0.1) is 0 Å². The van der Waals surface area contributed by atoms with E-state index >= 15 is 0 Å². The van der Waals surface area contributed by atoms with Gasteiger partial charge in [-0.1, -0.05) is 0 Å². The third-order valence-electron chi connectivity index (χ3n) is 2.45. The molecule has 0 bridgehead atoms. The van der Waals surface area contributed by atoms with Crippen LogP contribution in [0.5, 0.6) is 5.75 Å². The minimum absolute atomic E-state index is 0.0806. The molecule has 0 unspecified atom stereocenters. The van der Waals surface area contributed by atoms with Gasteiger partial charge in [0.25, 0.3) is 0 Å². The van der Waals surface area contributed by atoms with Gasteiger partial charge in [-0.25, -0.2) is 0 Å². The lowest BCUT2D eigenvalue weighted by Crippen LogP contribution is -2.22. The number of aryl methyl sites for hydroxylation is 1. The molecular formula is C14H17NO2. The highest BCUT2D eigenvalue weighted by molar-refractivity contribution is 5.85. The second-order valence-electron chi connectivity index (χ2n) is 5.22. The van der Waals surface area contributed by atoms with E-state index in [1.807, 2.05) is 45.9 Å². The Morgan fingerprint density at radius 2 is 1.88 bits per heavy atom. The highest BCUT2D eigenvalue weighted by atomic mass is 16.5. The maximum Gasteiger partial charge on any atom is 0.248 e. The molecule has 1 heterocycles. The van der Waals surface area contributed by atoms with Gasteiger partial charge in [-0.05, 0) is 51.3 Å². The monoisotopic (exact) mass is 231 g/mol. The molecular weight excluding hydrogens is 214 g/mol. The summed E-state index contributed by atoms with van der Waals surface area (Å²) in [6.45, 7) is 7.90. The summed E-state index contributed by atoms with van der Waals surface area (Å²) in [6.07, 6.45) is 0. The molecule has 0 fully saturated rings. The van der Waals surface area contributed by atoms with Gasteiger partial charge in [0.15, 0.2) is 0 Å². The number of nitrogens with one attached hydrogen (secondary N) is 1. The maximum atomic E-state index is 11.4. The molecule has 0 aliphatic carbocycles. The van der Waals surface area contributed by atoms with Crippen molar-refractivity contribution < 1.29 is 4.74 Å². The lowest BCUT2D eigenvalue weighted by Gasteiger charge is -2.21. The number of rotatable bonds is 1. The molecule has 0 aliphatic rings. The van der Waals surface area contributed by atoms with Crippen molar-refractivity contribution in [1.82, 2.24) is 4.98 Å². The Hall–Kier alpha value is -1.77. The standard InChI is InChI=1S/C14H17NO2/c1-9-12-6-5-11(17-14(2,3)4)7-10(12)8-13(16)15-9/h5-8H,1-4H3,(H,15,16). The molecule has 90 valence electrons. The van der Waals surface area contributed by atoms with Crippen LogP contribution in [0.1, 0.15) is 26.5 Å². The molecule has 0 aliphatic heterocycles. The smallest absolute Gasteiger partial charge is 0.248 e. The Labute approximate surface area is 100 Å². The minimum atomic E-state index is -0.232. The molecule has 2 rings (SSSR count). The Balaban J connectivity index is 2.54. The van der Waals surface area contributed by atoms with E-state index in [1.54, 1.807) is 6.07 Å². The fourth-order valence-electron chi connectivity index (χ4n) is 1.85. The van der Waals surface area contributed by atoms with Crippen LogP contribution in [0, 0.1) is 6.92 Å². The van der Waals surface area contributed by atoms with Crippen LogP contribution in [0.2, 0.25) is 0 Å². The van der Waals surface area contributed by atoms with Gasteiger partial charge < -0.3 is 9.72 Å². The number of hydrogen-bond acceptors (Lipinski definition) is 2. The fraction of sp³-hybridized carbons (Fsp3) is 0.357. The van der Waals surface area contributed by atoms with Gasteiger partial charge in [0.1, 0.15) is 11.4 Å². The predicted octanol–water partition coefficient (Wildman–Crippen LogP) is 3.01. The average molecular weight is 231 g/mol. The first-order valence-electron chi connectivity index (χ1n) is 5.68. The Morgan fingerprint density at radius 3 is 2.53 bits per heavy atom. The Bertz CT molecular complexity index is 606. The van der Waals surface area contributed by atoms with E-state index in [4.69, 9.17) is 4.74 Å². The van der Waals surface area contributed by atoms with E-state index in [-0.39, 0.29) is 11.2 Å². The molecule has 0 amide bonds. The zero-order valence-electron chi connectivity index (χ0n) is 10.6. The summed E-state index contributed by atoms with van der Waals surface area (Å²) in [5.74, 6) is 0.787. The van der Waals surface area contributed by atoms with Crippen LogP contribution in [0.15, 0.2) is 29.1 Å². The molecule has 3 heteroatoms. The van der Waals surface area contributed by atoms with Gasteiger partial charge in [0.2, 0.25) is 5.56 Å². The van der Waals surface area contributed by atoms with Gasteiger partial charge >= 0.3 is 0 Å². The molecule has 1 aromatic heterocycles. The van der Waals surface area contributed by atoms with Crippen molar-refractivity contribution in [2.24, 2.45) is 0 Å². The number of H-pyrrole nitrogens is 1. The third-order valence-corrected chi connectivity index (χ3v) is 2.45. The van der Waals surface area contributed by atoms with Gasteiger partial charge in [0, 0.05) is 17.1 Å². The van der Waals surface area contributed by atoms with Crippen LogP contribution in [-0.2, 0) is 0 Å². The first-order valence-corrected chi connectivity index (χ1v) is 5.68. The van der Waals surface area contributed by atoms with E-state index < -0.39 is 0 Å². The summed E-state index contributed by atoms with van der Waals surface area (Å²) >= 11 is 0. The number of pyridine rings is 1. The number of hydrogen-bond donors (Lipinski definition) is 1. The molecule has 2 aromatic rings. The van der Waals surface area contributed by atoms with E-state index in [0.29, 0.717) is 0 Å². The largest absolute Gasteiger partial charge is 0.488 e. The van der Waals surface area contributed by atoms with Crippen molar-refractivity contribution in [3.63, 3.8) is 0 Å². The maximum absolute atomic E-state index is 11.4. The number of fused-ring (bicyclic) bond motifs is 1. The van der Waals surface area contributed by atoms with Crippen molar-refractivity contribution in [3.05, 3.63) is 40.3 Å². The third kappa shape index (κ3) is 2.67. The topological polar surface area (TPSA) is 42.1 Å². The van der Waals surface area contributed by atoms with Crippen molar-refractivity contribution >= 4 is 10.8 Å². The first-order chi connectivity index (χ1) is 7.85. The molecule has 1 N–H and O–H groups in total. The number of benzene rings is 1. The molecule has 17 heavy (non-hydrogen) atoms. The molecule has 0 radical (unpaired) electrons. The molecule has 1 aromatic carbocycles. The number of aromatic amines is 1. The van der Waals surface area contributed by atoms with E-state index in [9.17, 15) is 4.79 Å². The summed E-state index contributed by atoms with van der Waals surface area (Å²) < 4.78 is 5.78. The van der Waals surface area contributed by atoms with E-state index in [1.165, 1.54) is 0 Å². The predicted molar refractivity (Wildman–Crippen MR) is 69.7 cm³/mol. The van der Waals surface area contributed by atoms with Crippen LogP contribution >= 0.6 is 0 Å². The van der Waals surface area contributed by atoms with Gasteiger partial charge in [-0.2, -0.15) is 0 Å². The normalized spacial score (nSPS) is 11.8. The van der Waals surface area contributed by atoms with Crippen LogP contribution in [-0.4, -0.2) is 10.6 Å². The Morgan fingerprint density at radius 1 is 1.18 bits per heavy atom. The summed E-state index contributed by atoms with van der Waals surface area (Å²) in [6, 6.07) is 7.40. The SMILES string of the molecule is Cc1[nH]c(=O)cc2cc(OC(C)(C)C)ccc12. The second-order valence-corrected chi connectivity index (χ2v) is 5.22. The van der Waals surface area contributed by atoms with Crippen molar-refractivity contribution in [3.8, 4) is 5.75 Å². The molecule has 0 saturated carbocycles. The summed E-state index contributed by atoms with van der Waals surface area (Å²) in [7, 11) is 0. The second kappa shape index (κ2) is 3.91. The quantitative estimate of drug-likeness (QED) is 0.819. The number of aromatic nitrogens is 1. The zero-order chi connectivity index (χ0) is 12.6. The molecule has 0 atom stereocenters. The van der Waals surface area contributed by atoms with Crippen molar-refractivity contribution in [2.45, 2.75) is 33.3 Å². The molecule has 0 saturated heterocycles. The van der Waals surface area contributed by atoms with E-state index in [0.717, 1.165) is 22.2 Å². The van der Waals surface area contributed by atoms with Gasteiger partial charge in [-0.3, -0.25) is 4.79 Å². The van der Waals surface area contributed by atoms with Crippen molar-refractivity contribution in [2.75, 3.05) is 0 Å². The lowest BCUT2D eigenvalue weighted by molar-refractivity contribution is 0.131. The van der Waals surface area contributed by atoms with Crippen LogP contribution in [0.3, 0.4) is 0 Å². The van der Waals surface area contributed by atoms with Crippen LogP contribution in [0.25, 0.3) is 10.8 Å². The van der Waals surface area contributed by atoms with Crippen LogP contribution in [0.4, 0.5) is 0 Å². The average Bonchev–Trinajstić information content (AvgIpc) is 2.13. The van der Waals surface area contributed by atoms with Crippen LogP contribution < -0.4 is 10.3 Å². The highest BCUT2D eigenvalue weighted by Crippen LogP contribution is 2.24. The Kier molecular flexibility index (Phi) is 2.69. The molecule has 3 nitrogen and oxygen atoms in total. The summed E-state index contributed by atoms with van der Waals surface area (Å²) in [5.41, 5.74) is 0.571. The summed E-state index contributed by atoms with van der Waals surface area (Å²) in [5, 5.41) is 1.96.